The van der Waals surface area contributed by atoms with E-state index in [9.17, 15) is 0 Å². The fraction of sp³-hybridized carbons (Fsp3) is 0.548. The van der Waals surface area contributed by atoms with Crippen LogP contribution in [0.5, 0.6) is 0 Å². The Balaban J connectivity index is 4.19. The Labute approximate surface area is 195 Å². The van der Waals surface area contributed by atoms with E-state index < -0.39 is 0 Å². The van der Waals surface area contributed by atoms with Gasteiger partial charge >= 0.3 is 0 Å². The Bertz CT molecular complexity index is 682. The highest BCUT2D eigenvalue weighted by Crippen LogP contribution is 2.16. The molecule has 0 spiro atoms. The maximum atomic E-state index is 4.24. The van der Waals surface area contributed by atoms with Crippen molar-refractivity contribution in [1.29, 1.82) is 0 Å². The predicted octanol–water partition coefficient (Wildman–Crippen LogP) is 10.8. The van der Waals surface area contributed by atoms with E-state index in [1.54, 1.807) is 0 Å². The topological polar surface area (TPSA) is 0 Å². The molecule has 0 atom stereocenters. The van der Waals surface area contributed by atoms with E-state index in [0.717, 1.165) is 44.9 Å². The lowest BCUT2D eigenvalue weighted by Gasteiger charge is -2.04. The van der Waals surface area contributed by atoms with Crippen LogP contribution in [-0.4, -0.2) is 0 Å². The standard InChI is InChI=1S/C31H50/c1-9-27(5)17-12-19-29(7)20-13-21-30(8)23-15-25-31(10-2)24-14-22-28(6)18-11-16-26(3)4/h10,15-17,20,22-23H,8-9,11-14,18-19,21,24-25H2,1-7H3/b23-15?,27-17+,28-22+,29-20+,31-10-. The second kappa shape index (κ2) is 18.9. The molecule has 0 N–H and O–H groups in total. The van der Waals surface area contributed by atoms with E-state index in [-0.39, 0.29) is 0 Å². The molecule has 0 radical (unpaired) electrons. The van der Waals surface area contributed by atoms with E-state index in [4.69, 9.17) is 0 Å². The van der Waals surface area contributed by atoms with Gasteiger partial charge in [0.2, 0.25) is 0 Å². The summed E-state index contributed by atoms with van der Waals surface area (Å²) < 4.78 is 0. The van der Waals surface area contributed by atoms with E-state index >= 15 is 0 Å². The largest absolute Gasteiger partial charge is 0.0958 e. The summed E-state index contributed by atoms with van der Waals surface area (Å²) in [6.45, 7) is 19.7. The Morgan fingerprint density at radius 2 is 1.19 bits per heavy atom. The highest BCUT2D eigenvalue weighted by atomic mass is 14.0. The molecule has 0 fully saturated rings. The molecule has 0 bridgehead atoms. The summed E-state index contributed by atoms with van der Waals surface area (Å²) >= 11 is 0. The van der Waals surface area contributed by atoms with Crippen LogP contribution in [-0.2, 0) is 0 Å². The van der Waals surface area contributed by atoms with Gasteiger partial charge in [-0.15, -0.1) is 0 Å². The minimum absolute atomic E-state index is 1.04. The zero-order valence-corrected chi connectivity index (χ0v) is 21.8. The fourth-order valence-electron chi connectivity index (χ4n) is 3.32. The smallest absolute Gasteiger partial charge is 0.0136 e. The maximum absolute atomic E-state index is 4.24. The Kier molecular flexibility index (Phi) is 17.8. The lowest BCUT2D eigenvalue weighted by Crippen LogP contribution is -1.84. The Hall–Kier alpha value is -1.82. The summed E-state index contributed by atoms with van der Waals surface area (Å²) in [6.07, 6.45) is 27.6. The van der Waals surface area contributed by atoms with Crippen LogP contribution in [0.4, 0.5) is 0 Å². The van der Waals surface area contributed by atoms with Crippen molar-refractivity contribution in [1.82, 2.24) is 0 Å². The van der Waals surface area contributed by atoms with Gasteiger partial charge < -0.3 is 0 Å². The van der Waals surface area contributed by atoms with Gasteiger partial charge in [-0.1, -0.05) is 89.5 Å². The summed E-state index contributed by atoms with van der Waals surface area (Å²) in [7, 11) is 0. The third kappa shape index (κ3) is 18.7. The molecule has 0 aliphatic heterocycles. The Morgan fingerprint density at radius 1 is 0.677 bits per heavy atom. The molecule has 0 aromatic rings. The van der Waals surface area contributed by atoms with Gasteiger partial charge in [0.1, 0.15) is 0 Å². The molecular formula is C31H50. The van der Waals surface area contributed by atoms with Gasteiger partial charge in [0, 0.05) is 0 Å². The molecule has 0 aliphatic rings. The highest BCUT2D eigenvalue weighted by Gasteiger charge is 1.96. The lowest BCUT2D eigenvalue weighted by molar-refractivity contribution is 0.899. The van der Waals surface area contributed by atoms with Crippen LogP contribution in [0.1, 0.15) is 113 Å². The van der Waals surface area contributed by atoms with Gasteiger partial charge in [-0.2, -0.15) is 0 Å². The number of allylic oxidation sites excluding steroid dienone is 13. The van der Waals surface area contributed by atoms with Crippen molar-refractivity contribution in [2.24, 2.45) is 0 Å². The van der Waals surface area contributed by atoms with Gasteiger partial charge in [-0.25, -0.2) is 0 Å². The van der Waals surface area contributed by atoms with E-state index in [1.165, 1.54) is 52.7 Å². The predicted molar refractivity (Wildman–Crippen MR) is 145 cm³/mol. The molecule has 174 valence electrons. The van der Waals surface area contributed by atoms with Gasteiger partial charge in [-0.05, 0) is 106 Å². The van der Waals surface area contributed by atoms with Gasteiger partial charge in [0.15, 0.2) is 0 Å². The molecule has 0 aromatic heterocycles. The van der Waals surface area contributed by atoms with Crippen molar-refractivity contribution in [3.05, 3.63) is 82.5 Å². The van der Waals surface area contributed by atoms with Crippen LogP contribution in [0.2, 0.25) is 0 Å². The maximum Gasteiger partial charge on any atom is -0.0136 e. The van der Waals surface area contributed by atoms with Crippen LogP contribution in [0.3, 0.4) is 0 Å². The second-order valence-electron chi connectivity index (χ2n) is 9.15. The zero-order chi connectivity index (χ0) is 23.5. The first kappa shape index (κ1) is 29.2. The SMILES string of the molecule is C=C(C=CC/C(=C\C)CC/C=C(\C)CCC=C(C)C)CC/C=C(\C)CC/C=C(\C)CC. The number of hydrogen-bond acceptors (Lipinski definition) is 0. The molecule has 0 unspecified atom stereocenters. The van der Waals surface area contributed by atoms with Crippen molar-refractivity contribution in [2.75, 3.05) is 0 Å². The first-order valence-corrected chi connectivity index (χ1v) is 12.4. The van der Waals surface area contributed by atoms with Crippen molar-refractivity contribution in [3.8, 4) is 0 Å². The molecular weight excluding hydrogens is 372 g/mol. The third-order valence-corrected chi connectivity index (χ3v) is 5.74. The zero-order valence-electron chi connectivity index (χ0n) is 21.8. The monoisotopic (exact) mass is 422 g/mol. The van der Waals surface area contributed by atoms with Crippen LogP contribution >= 0.6 is 0 Å². The van der Waals surface area contributed by atoms with Crippen LogP contribution in [0.25, 0.3) is 0 Å². The quantitative estimate of drug-likeness (QED) is 0.171. The second-order valence-corrected chi connectivity index (χ2v) is 9.15. The number of rotatable bonds is 16. The molecule has 0 rings (SSSR count). The summed E-state index contributed by atoms with van der Waals surface area (Å²) in [5, 5.41) is 0. The summed E-state index contributed by atoms with van der Waals surface area (Å²) in [6, 6.07) is 0. The van der Waals surface area contributed by atoms with Crippen molar-refractivity contribution >= 4 is 0 Å². The third-order valence-electron chi connectivity index (χ3n) is 5.74. The normalized spacial score (nSPS) is 13.8. The fourth-order valence-corrected chi connectivity index (χ4v) is 3.32. The van der Waals surface area contributed by atoms with Gasteiger partial charge in [-0.3, -0.25) is 0 Å². The van der Waals surface area contributed by atoms with Crippen LogP contribution in [0, 0.1) is 0 Å². The van der Waals surface area contributed by atoms with Crippen molar-refractivity contribution in [3.63, 3.8) is 0 Å². The summed E-state index contributed by atoms with van der Waals surface area (Å²) in [5.41, 5.74) is 8.67. The molecule has 0 heteroatoms. The molecule has 0 amide bonds. The Morgan fingerprint density at radius 3 is 1.74 bits per heavy atom. The average molecular weight is 423 g/mol. The molecule has 31 heavy (non-hydrogen) atoms. The molecule has 0 nitrogen and oxygen atoms in total. The van der Waals surface area contributed by atoms with Crippen molar-refractivity contribution < 1.29 is 0 Å². The number of hydrogen-bond donors (Lipinski definition) is 0. The van der Waals surface area contributed by atoms with E-state index in [1.807, 2.05) is 0 Å². The van der Waals surface area contributed by atoms with E-state index in [2.05, 4.69) is 97.6 Å². The molecule has 0 aliphatic carbocycles. The minimum atomic E-state index is 1.04. The molecule has 0 saturated carbocycles. The molecule has 0 aromatic carbocycles. The average Bonchev–Trinajstić information content (AvgIpc) is 2.72. The first-order chi connectivity index (χ1) is 14.8. The van der Waals surface area contributed by atoms with Crippen LogP contribution in [0.15, 0.2) is 82.5 Å². The van der Waals surface area contributed by atoms with Crippen LogP contribution < -0.4 is 0 Å². The first-order valence-electron chi connectivity index (χ1n) is 12.4. The lowest BCUT2D eigenvalue weighted by atomic mass is 10.0. The summed E-state index contributed by atoms with van der Waals surface area (Å²) in [5.74, 6) is 0. The molecule has 0 heterocycles. The highest BCUT2D eigenvalue weighted by molar-refractivity contribution is 5.19. The van der Waals surface area contributed by atoms with E-state index in [0.29, 0.717) is 0 Å². The minimum Gasteiger partial charge on any atom is -0.0958 e. The van der Waals surface area contributed by atoms with Crippen molar-refractivity contribution in [2.45, 2.75) is 113 Å². The van der Waals surface area contributed by atoms with Gasteiger partial charge in [0.25, 0.3) is 0 Å². The van der Waals surface area contributed by atoms with Gasteiger partial charge in [0.05, 0.1) is 0 Å². The molecule has 0 saturated heterocycles. The summed E-state index contributed by atoms with van der Waals surface area (Å²) in [4.78, 5) is 0.